The van der Waals surface area contributed by atoms with Gasteiger partial charge in [-0.05, 0) is 66.6 Å². The van der Waals surface area contributed by atoms with E-state index in [9.17, 15) is 24.0 Å². The molecule has 10 nitrogen and oxygen atoms in total. The fourth-order valence-electron chi connectivity index (χ4n) is 5.54. The van der Waals surface area contributed by atoms with Crippen LogP contribution in [-0.4, -0.2) is 52.5 Å². The number of Topliss-reactive ketones (excluding diaryl/α,β-unsaturated/α-hetero) is 1. The number of carbonyl (C=O) groups excluding carboxylic acids is 5. The van der Waals surface area contributed by atoms with Gasteiger partial charge in [-0.15, -0.1) is 0 Å². The highest BCUT2D eigenvalue weighted by Gasteiger charge is 2.31. The molecule has 2 heterocycles. The first-order valence-corrected chi connectivity index (χ1v) is 16.1. The normalized spacial score (nSPS) is 17.3. The third-order valence-electron chi connectivity index (χ3n) is 8.25. The van der Waals surface area contributed by atoms with Crippen LogP contribution in [0.25, 0.3) is 11.3 Å². The van der Waals surface area contributed by atoms with Crippen LogP contribution >= 0.6 is 0 Å². The van der Waals surface area contributed by atoms with E-state index in [0.717, 1.165) is 33.5 Å². The number of hydrogen-bond acceptors (Lipinski definition) is 6. The van der Waals surface area contributed by atoms with E-state index >= 15 is 0 Å². The van der Waals surface area contributed by atoms with Crippen LogP contribution in [0.2, 0.25) is 0 Å². The maximum atomic E-state index is 13.9. The number of hydrogen-bond donors (Lipinski definition) is 4. The third-order valence-corrected chi connectivity index (χ3v) is 8.25. The number of pyridine rings is 1. The van der Waals surface area contributed by atoms with E-state index in [1.807, 2.05) is 97.1 Å². The molecule has 4 N–H and O–H groups in total. The summed E-state index contributed by atoms with van der Waals surface area (Å²) in [6.07, 6.45) is 3.04. The van der Waals surface area contributed by atoms with Crippen LogP contribution in [-0.2, 0) is 49.8 Å². The standard InChI is InChI=1S/C38H39N5O5/c1-25-36(46)42-31(17-15-27-13-8-14-30(21-27)32-22-28(19-20-39-32)16-18-34(44)41-25)37(47)43-33(23-26-9-4-2-5-10-26)35(45)38(48)40-24-29-11-6-3-7-12-29/h2-14,19-22,25,31,33H,15-18,23-24H2,1H3,(H,40,48)(H,41,44)(H,42,46)(H,43,47)/t25-,31-,33-/m0/s1. The van der Waals surface area contributed by atoms with Crippen LogP contribution in [0.15, 0.2) is 103 Å². The maximum Gasteiger partial charge on any atom is 0.289 e. The highest BCUT2D eigenvalue weighted by molar-refractivity contribution is 6.38. The Kier molecular flexibility index (Phi) is 11.4. The molecule has 1 aliphatic rings. The SMILES string of the molecule is C[C@@H]1NC(=O)CCc2ccnc(c2)-c2cccc(c2)CC[C@@H](C(=O)N[C@@H](Cc2ccccc2)C(=O)C(=O)NCc2ccccc2)NC1=O. The van der Waals surface area contributed by atoms with E-state index < -0.39 is 41.6 Å². The number of aryl methyl sites for hydroxylation is 2. The minimum absolute atomic E-state index is 0.0748. The molecule has 0 radical (unpaired) electrons. The Hall–Kier alpha value is -5.64. The Morgan fingerprint density at radius 2 is 1.52 bits per heavy atom. The molecule has 246 valence electrons. The fraction of sp³-hybridized carbons (Fsp3) is 0.263. The topological polar surface area (TPSA) is 146 Å². The molecule has 0 aliphatic carbocycles. The van der Waals surface area contributed by atoms with Crippen molar-refractivity contribution in [3.8, 4) is 11.3 Å². The van der Waals surface area contributed by atoms with Crippen molar-refractivity contribution in [2.45, 2.75) is 63.7 Å². The molecule has 1 aliphatic heterocycles. The Morgan fingerprint density at radius 3 is 2.27 bits per heavy atom. The molecule has 1 aromatic heterocycles. The van der Waals surface area contributed by atoms with Gasteiger partial charge in [0.15, 0.2) is 0 Å². The third kappa shape index (κ3) is 9.45. The summed E-state index contributed by atoms with van der Waals surface area (Å²) >= 11 is 0. The minimum atomic E-state index is -1.19. The fourth-order valence-corrected chi connectivity index (χ4v) is 5.54. The van der Waals surface area contributed by atoms with Gasteiger partial charge in [0.1, 0.15) is 18.1 Å². The lowest BCUT2D eigenvalue weighted by molar-refractivity contribution is -0.140. The maximum absolute atomic E-state index is 13.9. The number of fused-ring (bicyclic) bond motifs is 5. The molecule has 0 fully saturated rings. The lowest BCUT2D eigenvalue weighted by Crippen LogP contribution is -2.56. The second-order valence-corrected chi connectivity index (χ2v) is 11.9. The van der Waals surface area contributed by atoms with Crippen molar-refractivity contribution in [2.24, 2.45) is 0 Å². The quantitative estimate of drug-likeness (QED) is 0.217. The second-order valence-electron chi connectivity index (χ2n) is 11.9. The molecule has 5 rings (SSSR count). The molecular weight excluding hydrogens is 606 g/mol. The molecule has 48 heavy (non-hydrogen) atoms. The van der Waals surface area contributed by atoms with Crippen molar-refractivity contribution in [2.75, 3.05) is 0 Å². The Bertz CT molecular complexity index is 1760. The van der Waals surface area contributed by atoms with Crippen molar-refractivity contribution in [1.29, 1.82) is 0 Å². The summed E-state index contributed by atoms with van der Waals surface area (Å²) in [4.78, 5) is 70.9. The number of amides is 4. The van der Waals surface area contributed by atoms with Crippen LogP contribution in [0, 0.1) is 0 Å². The van der Waals surface area contributed by atoms with Crippen molar-refractivity contribution in [3.05, 3.63) is 126 Å². The van der Waals surface area contributed by atoms with Crippen molar-refractivity contribution >= 4 is 29.4 Å². The van der Waals surface area contributed by atoms with E-state index in [4.69, 9.17) is 0 Å². The summed E-state index contributed by atoms with van der Waals surface area (Å²) in [7, 11) is 0. The van der Waals surface area contributed by atoms with E-state index in [1.54, 1.807) is 13.1 Å². The lowest BCUT2D eigenvalue weighted by atomic mass is 9.98. The number of carbonyl (C=O) groups is 5. The predicted octanol–water partition coefficient (Wildman–Crippen LogP) is 3.23. The van der Waals surface area contributed by atoms with Crippen LogP contribution in [0.4, 0.5) is 0 Å². The van der Waals surface area contributed by atoms with E-state index in [1.165, 1.54) is 0 Å². The lowest BCUT2D eigenvalue weighted by Gasteiger charge is -2.24. The van der Waals surface area contributed by atoms with Gasteiger partial charge < -0.3 is 21.3 Å². The van der Waals surface area contributed by atoms with Crippen molar-refractivity contribution < 1.29 is 24.0 Å². The van der Waals surface area contributed by atoms with Gasteiger partial charge in [-0.3, -0.25) is 29.0 Å². The van der Waals surface area contributed by atoms with E-state index in [2.05, 4.69) is 26.3 Å². The molecule has 3 aromatic carbocycles. The van der Waals surface area contributed by atoms with Gasteiger partial charge in [0.05, 0.1) is 5.69 Å². The van der Waals surface area contributed by atoms with Gasteiger partial charge in [-0.25, -0.2) is 0 Å². The zero-order chi connectivity index (χ0) is 33.9. The number of aromatic nitrogens is 1. The molecule has 0 unspecified atom stereocenters. The molecule has 0 saturated carbocycles. The van der Waals surface area contributed by atoms with Gasteiger partial charge >= 0.3 is 0 Å². The first-order chi connectivity index (χ1) is 23.2. The largest absolute Gasteiger partial charge is 0.345 e. The Morgan fingerprint density at radius 1 is 0.812 bits per heavy atom. The van der Waals surface area contributed by atoms with Crippen LogP contribution in [0.3, 0.4) is 0 Å². The van der Waals surface area contributed by atoms with Gasteiger partial charge in [-0.2, -0.15) is 0 Å². The molecule has 4 bridgehead atoms. The number of benzene rings is 3. The summed E-state index contributed by atoms with van der Waals surface area (Å²) in [5.74, 6) is -3.08. The van der Waals surface area contributed by atoms with Gasteiger partial charge in [0.25, 0.3) is 5.91 Å². The zero-order valence-corrected chi connectivity index (χ0v) is 26.8. The van der Waals surface area contributed by atoms with Gasteiger partial charge in [-0.1, -0.05) is 78.9 Å². The summed E-state index contributed by atoms with van der Waals surface area (Å²) in [6, 6.07) is 26.7. The van der Waals surface area contributed by atoms with Crippen LogP contribution < -0.4 is 21.3 Å². The average Bonchev–Trinajstić information content (AvgIpc) is 3.11. The van der Waals surface area contributed by atoms with Crippen LogP contribution in [0.1, 0.15) is 42.0 Å². The molecule has 0 saturated heterocycles. The Labute approximate surface area is 279 Å². The monoisotopic (exact) mass is 645 g/mol. The summed E-state index contributed by atoms with van der Waals surface area (Å²) < 4.78 is 0. The first kappa shape index (κ1) is 33.7. The number of ketones is 1. The van der Waals surface area contributed by atoms with Crippen LogP contribution in [0.5, 0.6) is 0 Å². The number of nitrogens with one attached hydrogen (secondary N) is 4. The highest BCUT2D eigenvalue weighted by atomic mass is 16.2. The van der Waals surface area contributed by atoms with Gasteiger partial charge in [0, 0.05) is 31.1 Å². The van der Waals surface area contributed by atoms with E-state index in [0.29, 0.717) is 12.8 Å². The molecule has 4 amide bonds. The molecule has 0 spiro atoms. The average molecular weight is 646 g/mol. The Balaban J connectivity index is 1.38. The predicted molar refractivity (Wildman–Crippen MR) is 181 cm³/mol. The number of nitrogens with zero attached hydrogens (tertiary/aromatic N) is 1. The molecule has 4 aromatic rings. The smallest absolute Gasteiger partial charge is 0.289 e. The minimum Gasteiger partial charge on any atom is -0.345 e. The first-order valence-electron chi connectivity index (χ1n) is 16.1. The molecular formula is C38H39N5O5. The second kappa shape index (κ2) is 16.3. The number of rotatable bonds is 8. The summed E-state index contributed by atoms with van der Waals surface area (Å²) in [5.41, 5.74) is 5.11. The molecule has 3 atom stereocenters. The highest BCUT2D eigenvalue weighted by Crippen LogP contribution is 2.21. The van der Waals surface area contributed by atoms with Crippen molar-refractivity contribution in [1.82, 2.24) is 26.3 Å². The van der Waals surface area contributed by atoms with E-state index in [-0.39, 0.29) is 31.7 Å². The summed E-state index contributed by atoms with van der Waals surface area (Å²) in [5, 5.41) is 10.9. The summed E-state index contributed by atoms with van der Waals surface area (Å²) in [6.45, 7) is 1.71. The van der Waals surface area contributed by atoms with Crippen molar-refractivity contribution in [3.63, 3.8) is 0 Å². The zero-order valence-electron chi connectivity index (χ0n) is 26.8. The molecule has 10 heteroatoms. The van der Waals surface area contributed by atoms with Gasteiger partial charge in [0.2, 0.25) is 23.5 Å².